The molecular formula is C12H15FN4O2S. The van der Waals surface area contributed by atoms with Gasteiger partial charge in [-0.25, -0.2) is 22.5 Å². The number of aromatic nitrogens is 2. The number of hydrogen-bond acceptors (Lipinski definition) is 4. The molecule has 0 radical (unpaired) electrons. The predicted molar refractivity (Wildman–Crippen MR) is 72.8 cm³/mol. The van der Waals surface area contributed by atoms with Gasteiger partial charge in [-0.2, -0.15) is 0 Å². The van der Waals surface area contributed by atoms with E-state index < -0.39 is 15.8 Å². The quantitative estimate of drug-likeness (QED) is 0.614. The van der Waals surface area contributed by atoms with Crippen molar-refractivity contribution in [1.82, 2.24) is 14.3 Å². The van der Waals surface area contributed by atoms with Crippen LogP contribution in [0.4, 0.5) is 10.1 Å². The molecule has 108 valence electrons. The second-order valence-corrected chi connectivity index (χ2v) is 6.00. The fourth-order valence-corrected chi connectivity index (χ4v) is 2.77. The molecule has 0 saturated heterocycles. The zero-order valence-electron chi connectivity index (χ0n) is 10.7. The average Bonchev–Trinajstić information content (AvgIpc) is 2.91. The molecule has 1 aromatic heterocycles. The molecule has 0 aliphatic heterocycles. The summed E-state index contributed by atoms with van der Waals surface area (Å²) in [5.74, 6) is -0.635. The van der Waals surface area contributed by atoms with Gasteiger partial charge in [0.15, 0.2) is 0 Å². The van der Waals surface area contributed by atoms with Crippen LogP contribution in [0.2, 0.25) is 0 Å². The first-order valence-electron chi connectivity index (χ1n) is 5.99. The summed E-state index contributed by atoms with van der Waals surface area (Å²) in [5, 5.41) is 0. The van der Waals surface area contributed by atoms with Crippen LogP contribution in [0.15, 0.2) is 41.8 Å². The number of halogens is 1. The zero-order chi connectivity index (χ0) is 14.6. The first-order valence-corrected chi connectivity index (χ1v) is 7.48. The molecule has 0 aliphatic rings. The maximum absolute atomic E-state index is 13.0. The molecule has 0 fully saturated rings. The molecule has 0 bridgehead atoms. The summed E-state index contributed by atoms with van der Waals surface area (Å²) < 4.78 is 41.2. The number of imidazole rings is 1. The van der Waals surface area contributed by atoms with Gasteiger partial charge in [0.1, 0.15) is 5.82 Å². The van der Waals surface area contributed by atoms with Gasteiger partial charge in [-0.1, -0.05) is 0 Å². The van der Waals surface area contributed by atoms with Crippen molar-refractivity contribution >= 4 is 15.7 Å². The second-order valence-electron chi connectivity index (χ2n) is 4.24. The van der Waals surface area contributed by atoms with Crippen molar-refractivity contribution in [3.8, 4) is 0 Å². The zero-order valence-corrected chi connectivity index (χ0v) is 11.5. The van der Waals surface area contributed by atoms with Crippen molar-refractivity contribution in [1.29, 1.82) is 0 Å². The van der Waals surface area contributed by atoms with Gasteiger partial charge in [-0.3, -0.25) is 0 Å². The van der Waals surface area contributed by atoms with Crippen LogP contribution in [0.5, 0.6) is 0 Å². The Kier molecular flexibility index (Phi) is 4.35. The molecule has 2 rings (SSSR count). The lowest BCUT2D eigenvalue weighted by atomic mass is 10.3. The Morgan fingerprint density at radius 1 is 1.40 bits per heavy atom. The third-order valence-electron chi connectivity index (χ3n) is 2.72. The van der Waals surface area contributed by atoms with Gasteiger partial charge in [0.25, 0.3) is 0 Å². The van der Waals surface area contributed by atoms with Crippen molar-refractivity contribution in [2.75, 3.05) is 12.3 Å². The van der Waals surface area contributed by atoms with Crippen LogP contribution in [0.3, 0.4) is 0 Å². The minimum Gasteiger partial charge on any atom is -0.396 e. The minimum absolute atomic E-state index is 0.0426. The molecule has 0 amide bonds. The predicted octanol–water partition coefficient (Wildman–Crippen LogP) is 0.973. The molecule has 0 saturated carbocycles. The van der Waals surface area contributed by atoms with Crippen LogP contribution in [-0.2, 0) is 16.6 Å². The number of benzene rings is 1. The molecule has 8 heteroatoms. The standard InChI is InChI=1S/C12H15FN4O2S/c13-11-3-2-10(8-12(11)14)20(18,19)16-4-1-6-17-7-5-15-9-17/h2-3,5,7-9,16H,1,4,6,14H2. The maximum Gasteiger partial charge on any atom is 0.240 e. The van der Waals surface area contributed by atoms with Crippen LogP contribution >= 0.6 is 0 Å². The van der Waals surface area contributed by atoms with Gasteiger partial charge in [0.2, 0.25) is 10.0 Å². The van der Waals surface area contributed by atoms with E-state index in [2.05, 4.69) is 9.71 Å². The molecule has 1 aromatic carbocycles. The Balaban J connectivity index is 1.92. The van der Waals surface area contributed by atoms with Crippen molar-refractivity contribution in [2.24, 2.45) is 0 Å². The summed E-state index contributed by atoms with van der Waals surface area (Å²) in [4.78, 5) is 3.85. The Labute approximate surface area is 116 Å². The van der Waals surface area contributed by atoms with E-state index in [0.29, 0.717) is 13.0 Å². The van der Waals surface area contributed by atoms with E-state index in [1.807, 2.05) is 4.57 Å². The van der Waals surface area contributed by atoms with Crippen LogP contribution in [-0.4, -0.2) is 24.5 Å². The number of nitrogens with one attached hydrogen (secondary N) is 1. The van der Waals surface area contributed by atoms with E-state index >= 15 is 0 Å². The molecule has 0 unspecified atom stereocenters. The number of hydrogen-bond donors (Lipinski definition) is 2. The van der Waals surface area contributed by atoms with E-state index in [4.69, 9.17) is 5.73 Å². The molecule has 1 heterocycles. The summed E-state index contributed by atoms with van der Waals surface area (Å²) in [6, 6.07) is 3.33. The lowest BCUT2D eigenvalue weighted by molar-refractivity contribution is 0.569. The van der Waals surface area contributed by atoms with Gasteiger partial charge in [0.05, 0.1) is 16.9 Å². The largest absolute Gasteiger partial charge is 0.396 e. The summed E-state index contributed by atoms with van der Waals surface area (Å²) in [5.41, 5.74) is 5.17. The first-order chi connectivity index (χ1) is 9.49. The van der Waals surface area contributed by atoms with Gasteiger partial charge in [-0.05, 0) is 24.6 Å². The Hall–Kier alpha value is -1.93. The van der Waals surface area contributed by atoms with Crippen LogP contribution in [0.25, 0.3) is 0 Å². The first kappa shape index (κ1) is 14.5. The van der Waals surface area contributed by atoms with Gasteiger partial charge in [0, 0.05) is 25.5 Å². The van der Waals surface area contributed by atoms with E-state index in [1.54, 1.807) is 18.7 Å². The fraction of sp³-hybridized carbons (Fsp3) is 0.250. The van der Waals surface area contributed by atoms with Crippen molar-refractivity contribution in [2.45, 2.75) is 17.9 Å². The van der Waals surface area contributed by atoms with Crippen LogP contribution in [0, 0.1) is 5.82 Å². The van der Waals surface area contributed by atoms with E-state index in [0.717, 1.165) is 12.1 Å². The van der Waals surface area contributed by atoms with Crippen molar-refractivity contribution in [3.05, 3.63) is 42.7 Å². The summed E-state index contributed by atoms with van der Waals surface area (Å²) in [7, 11) is -3.66. The highest BCUT2D eigenvalue weighted by Gasteiger charge is 2.14. The second kappa shape index (κ2) is 6.02. The fourth-order valence-electron chi connectivity index (χ4n) is 1.66. The monoisotopic (exact) mass is 298 g/mol. The van der Waals surface area contributed by atoms with Crippen LogP contribution in [0.1, 0.15) is 6.42 Å². The number of rotatable bonds is 6. The highest BCUT2D eigenvalue weighted by molar-refractivity contribution is 7.89. The summed E-state index contributed by atoms with van der Waals surface area (Å²) >= 11 is 0. The molecule has 0 spiro atoms. The molecule has 0 atom stereocenters. The Morgan fingerprint density at radius 2 is 2.20 bits per heavy atom. The molecule has 6 nitrogen and oxygen atoms in total. The van der Waals surface area contributed by atoms with Crippen LogP contribution < -0.4 is 10.5 Å². The summed E-state index contributed by atoms with van der Waals surface area (Å²) in [6.45, 7) is 0.936. The third kappa shape index (κ3) is 3.55. The van der Waals surface area contributed by atoms with Crippen molar-refractivity contribution in [3.63, 3.8) is 0 Å². The Bertz CT molecular complexity index is 671. The highest BCUT2D eigenvalue weighted by Crippen LogP contribution is 2.16. The molecule has 3 N–H and O–H groups in total. The topological polar surface area (TPSA) is 90.0 Å². The molecule has 20 heavy (non-hydrogen) atoms. The highest BCUT2D eigenvalue weighted by atomic mass is 32.2. The number of nitrogens with two attached hydrogens (primary N) is 1. The van der Waals surface area contributed by atoms with Crippen molar-refractivity contribution < 1.29 is 12.8 Å². The number of nitrogens with zero attached hydrogens (tertiary/aromatic N) is 2. The third-order valence-corrected chi connectivity index (χ3v) is 4.18. The smallest absolute Gasteiger partial charge is 0.240 e. The Morgan fingerprint density at radius 3 is 2.85 bits per heavy atom. The lowest BCUT2D eigenvalue weighted by Gasteiger charge is -2.08. The number of aryl methyl sites for hydroxylation is 1. The van der Waals surface area contributed by atoms with Gasteiger partial charge in [-0.15, -0.1) is 0 Å². The van der Waals surface area contributed by atoms with Gasteiger partial charge < -0.3 is 10.3 Å². The number of sulfonamides is 1. The molecular weight excluding hydrogens is 283 g/mol. The van der Waals surface area contributed by atoms with E-state index in [9.17, 15) is 12.8 Å². The van der Waals surface area contributed by atoms with E-state index in [-0.39, 0.29) is 17.1 Å². The summed E-state index contributed by atoms with van der Waals surface area (Å²) in [6.07, 6.45) is 5.74. The molecule has 0 aliphatic carbocycles. The molecule has 2 aromatic rings. The van der Waals surface area contributed by atoms with E-state index in [1.165, 1.54) is 6.07 Å². The number of nitrogen functional groups attached to an aromatic ring is 1. The minimum atomic E-state index is -3.66. The average molecular weight is 298 g/mol. The maximum atomic E-state index is 13.0. The normalized spacial score (nSPS) is 11.7. The lowest BCUT2D eigenvalue weighted by Crippen LogP contribution is -2.25. The number of anilines is 1. The van der Waals surface area contributed by atoms with Gasteiger partial charge >= 0.3 is 0 Å². The SMILES string of the molecule is Nc1cc(S(=O)(=O)NCCCn2ccnc2)ccc1F.